The van der Waals surface area contributed by atoms with Crippen LogP contribution in [0, 0.1) is 13.0 Å². The average molecular weight is 436 g/mol. The van der Waals surface area contributed by atoms with Crippen LogP contribution < -0.4 is 0 Å². The molecule has 3 rings (SSSR count). The van der Waals surface area contributed by atoms with E-state index in [9.17, 15) is 0 Å². The molecule has 0 bridgehead atoms. The van der Waals surface area contributed by atoms with Crippen molar-refractivity contribution >= 4 is 27.3 Å². The zero-order chi connectivity index (χ0) is 13.2. The zero-order valence-electron chi connectivity index (χ0n) is 10.7. The minimum Gasteiger partial charge on any atom is -0.305 e. The second-order valence-electron chi connectivity index (χ2n) is 4.26. The van der Waals surface area contributed by atoms with Crippen molar-refractivity contribution in [1.82, 2.24) is 4.98 Å². The summed E-state index contributed by atoms with van der Waals surface area (Å²) in [6.45, 7) is 2.12. The Labute approximate surface area is 144 Å². The summed E-state index contributed by atoms with van der Waals surface area (Å²) in [4.78, 5) is 7.03. The third-order valence-electron chi connectivity index (χ3n) is 2.82. The van der Waals surface area contributed by atoms with E-state index in [1.54, 1.807) is 11.3 Å². The number of pyridine rings is 1. The summed E-state index contributed by atoms with van der Waals surface area (Å²) in [5.74, 6) is 0. The van der Waals surface area contributed by atoms with E-state index >= 15 is 0 Å². The molecular formula is C16H11BrNPdS-. The van der Waals surface area contributed by atoms with Gasteiger partial charge in [-0.25, -0.2) is 0 Å². The molecule has 1 nitrogen and oxygen atoms in total. The SMILES string of the molecule is Cc1ccc(-c2ccnc(-c3[c-]ccc(Br)c3)c2)s1.[Pd]. The van der Waals surface area contributed by atoms with E-state index in [1.165, 1.54) is 15.3 Å². The van der Waals surface area contributed by atoms with Crippen LogP contribution >= 0.6 is 27.3 Å². The van der Waals surface area contributed by atoms with Gasteiger partial charge in [0, 0.05) is 36.4 Å². The summed E-state index contributed by atoms with van der Waals surface area (Å²) in [7, 11) is 0. The van der Waals surface area contributed by atoms with Gasteiger partial charge >= 0.3 is 0 Å². The maximum absolute atomic E-state index is 4.44. The molecule has 0 aliphatic rings. The molecule has 0 amide bonds. The number of halogens is 1. The van der Waals surface area contributed by atoms with E-state index in [0.29, 0.717) is 0 Å². The van der Waals surface area contributed by atoms with Crippen molar-refractivity contribution in [3.63, 3.8) is 0 Å². The summed E-state index contributed by atoms with van der Waals surface area (Å²) in [5, 5.41) is 0. The van der Waals surface area contributed by atoms with Crippen molar-refractivity contribution in [3.8, 4) is 21.7 Å². The largest absolute Gasteiger partial charge is 0.305 e. The van der Waals surface area contributed by atoms with E-state index in [1.807, 2.05) is 30.5 Å². The van der Waals surface area contributed by atoms with Gasteiger partial charge in [-0.1, -0.05) is 26.5 Å². The van der Waals surface area contributed by atoms with Crippen molar-refractivity contribution in [3.05, 3.63) is 64.1 Å². The molecule has 0 atom stereocenters. The molecule has 2 heterocycles. The Hall–Kier alpha value is -0.788. The predicted octanol–water partition coefficient (Wildman–Crippen LogP) is 5.35. The third-order valence-corrected chi connectivity index (χ3v) is 4.37. The maximum Gasteiger partial charge on any atom is 0.0338 e. The number of hydrogen-bond acceptors (Lipinski definition) is 2. The fourth-order valence-electron chi connectivity index (χ4n) is 1.91. The minimum atomic E-state index is 0. The van der Waals surface area contributed by atoms with Crippen LogP contribution in [0.2, 0.25) is 0 Å². The Morgan fingerprint density at radius 1 is 1.15 bits per heavy atom. The minimum absolute atomic E-state index is 0. The normalized spacial score (nSPS) is 10.1. The van der Waals surface area contributed by atoms with Gasteiger partial charge in [0.05, 0.1) is 0 Å². The summed E-state index contributed by atoms with van der Waals surface area (Å²) in [5.41, 5.74) is 3.16. The average Bonchev–Trinajstić information content (AvgIpc) is 2.86. The first-order valence-corrected chi connectivity index (χ1v) is 7.54. The third kappa shape index (κ3) is 3.45. The van der Waals surface area contributed by atoms with Gasteiger partial charge in [-0.2, -0.15) is 0 Å². The molecule has 3 aromatic rings. The Morgan fingerprint density at radius 2 is 2.00 bits per heavy atom. The second kappa shape index (κ2) is 6.78. The quantitative estimate of drug-likeness (QED) is 0.391. The fourth-order valence-corrected chi connectivity index (χ4v) is 3.13. The molecule has 4 heteroatoms. The van der Waals surface area contributed by atoms with Gasteiger partial charge in [-0.15, -0.1) is 41.2 Å². The van der Waals surface area contributed by atoms with E-state index in [4.69, 9.17) is 0 Å². The van der Waals surface area contributed by atoms with Crippen LogP contribution in [-0.4, -0.2) is 4.98 Å². The first kappa shape index (κ1) is 15.6. The molecule has 104 valence electrons. The van der Waals surface area contributed by atoms with Gasteiger partial charge in [0.2, 0.25) is 0 Å². The van der Waals surface area contributed by atoms with Crippen molar-refractivity contribution in [2.45, 2.75) is 6.92 Å². The van der Waals surface area contributed by atoms with E-state index in [2.05, 4.69) is 52.1 Å². The molecule has 0 aliphatic carbocycles. The zero-order valence-corrected chi connectivity index (χ0v) is 14.6. The van der Waals surface area contributed by atoms with Crippen molar-refractivity contribution in [1.29, 1.82) is 0 Å². The van der Waals surface area contributed by atoms with Crippen LogP contribution in [0.5, 0.6) is 0 Å². The summed E-state index contributed by atoms with van der Waals surface area (Å²) in [6, 6.07) is 17.6. The Kier molecular flexibility index (Phi) is 5.29. The van der Waals surface area contributed by atoms with Crippen LogP contribution in [0.25, 0.3) is 21.7 Å². The molecular weight excluding hydrogens is 425 g/mol. The first-order valence-electron chi connectivity index (χ1n) is 5.93. The molecule has 0 radical (unpaired) electrons. The van der Waals surface area contributed by atoms with Gasteiger partial charge in [0.15, 0.2) is 0 Å². The molecule has 0 spiro atoms. The molecule has 0 unspecified atom stereocenters. The number of aryl methyl sites for hydroxylation is 1. The number of aromatic nitrogens is 1. The van der Waals surface area contributed by atoms with Crippen LogP contribution in [-0.2, 0) is 20.4 Å². The van der Waals surface area contributed by atoms with Crippen LogP contribution in [0.15, 0.2) is 53.1 Å². The molecule has 2 aromatic heterocycles. The van der Waals surface area contributed by atoms with Gasteiger partial charge < -0.3 is 4.98 Å². The second-order valence-corrected chi connectivity index (χ2v) is 6.46. The molecule has 0 fully saturated rings. The number of hydrogen-bond donors (Lipinski definition) is 0. The van der Waals surface area contributed by atoms with Gasteiger partial charge in [-0.05, 0) is 36.4 Å². The predicted molar refractivity (Wildman–Crippen MR) is 84.3 cm³/mol. The van der Waals surface area contributed by atoms with Crippen LogP contribution in [0.3, 0.4) is 0 Å². The van der Waals surface area contributed by atoms with E-state index < -0.39 is 0 Å². The number of benzene rings is 1. The van der Waals surface area contributed by atoms with Crippen LogP contribution in [0.1, 0.15) is 4.88 Å². The Balaban J connectivity index is 0.00000147. The summed E-state index contributed by atoms with van der Waals surface area (Å²) in [6.07, 6.45) is 1.86. The molecule has 0 saturated heterocycles. The first-order chi connectivity index (χ1) is 9.22. The Bertz CT molecular complexity index is 724. The molecule has 0 N–H and O–H groups in total. The molecule has 1 aromatic carbocycles. The van der Waals surface area contributed by atoms with Gasteiger partial charge in [0.25, 0.3) is 0 Å². The monoisotopic (exact) mass is 434 g/mol. The van der Waals surface area contributed by atoms with E-state index in [-0.39, 0.29) is 20.4 Å². The Morgan fingerprint density at radius 3 is 2.70 bits per heavy atom. The summed E-state index contributed by atoms with van der Waals surface area (Å²) < 4.78 is 1.04. The smallest absolute Gasteiger partial charge is 0.0338 e. The van der Waals surface area contributed by atoms with E-state index in [0.717, 1.165) is 15.7 Å². The molecule has 0 aliphatic heterocycles. The molecule has 0 saturated carbocycles. The number of nitrogens with zero attached hydrogens (tertiary/aromatic N) is 1. The maximum atomic E-state index is 4.44. The topological polar surface area (TPSA) is 12.9 Å². The summed E-state index contributed by atoms with van der Waals surface area (Å²) >= 11 is 5.28. The van der Waals surface area contributed by atoms with Gasteiger partial charge in [-0.3, -0.25) is 0 Å². The van der Waals surface area contributed by atoms with Gasteiger partial charge in [0.1, 0.15) is 0 Å². The van der Waals surface area contributed by atoms with Crippen molar-refractivity contribution < 1.29 is 20.4 Å². The standard InChI is InChI=1S/C16H11BrNS.Pd/c1-11-5-6-16(19-11)13-7-8-18-15(10-13)12-3-2-4-14(17)9-12;/h2,4-10H,1H3;/q-1;. The number of rotatable bonds is 2. The molecule has 20 heavy (non-hydrogen) atoms. The van der Waals surface area contributed by atoms with Crippen molar-refractivity contribution in [2.24, 2.45) is 0 Å². The van der Waals surface area contributed by atoms with Crippen LogP contribution in [0.4, 0.5) is 0 Å². The number of thiophene rings is 1. The van der Waals surface area contributed by atoms with Crippen molar-refractivity contribution in [2.75, 3.05) is 0 Å². The fraction of sp³-hybridized carbons (Fsp3) is 0.0625.